The molecule has 1 amide bonds. The number of carbonyl (C=O) groups is 1. The number of imidazole rings is 1. The summed E-state index contributed by atoms with van der Waals surface area (Å²) in [4.78, 5) is 17.2. The minimum absolute atomic E-state index is 0.0756. The number of hydrogen-bond donors (Lipinski definition) is 1. The van der Waals surface area contributed by atoms with Crippen molar-refractivity contribution < 1.29 is 9.53 Å². The van der Waals surface area contributed by atoms with Crippen LogP contribution < -0.4 is 10.1 Å². The number of rotatable bonds is 4. The molecular formula is C23H23ClN6O2. The van der Waals surface area contributed by atoms with Crippen LogP contribution in [0.15, 0.2) is 60.2 Å². The standard InChI is InChI=1S/C23H23ClN6O2/c1-14-11-29(13-25-14)20-7-5-16(9-22(20)32-2)19-12-30(28-27-19)21-8-4-15-3-6-17(24)10-18(15)26-23(21)31/h3,5-7,9-13,15,18,21H,4,8H2,1-2H3,(H,26,31). The normalized spacial score (nSPS) is 22.7. The fourth-order valence-electron chi connectivity index (χ4n) is 4.27. The van der Waals surface area contributed by atoms with Gasteiger partial charge >= 0.3 is 0 Å². The maximum absolute atomic E-state index is 12.9. The van der Waals surface area contributed by atoms with Crippen LogP contribution in [0.3, 0.4) is 0 Å². The highest BCUT2D eigenvalue weighted by Gasteiger charge is 2.32. The third kappa shape index (κ3) is 3.82. The Bertz CT molecular complexity index is 1230. The van der Waals surface area contributed by atoms with E-state index < -0.39 is 6.04 Å². The van der Waals surface area contributed by atoms with E-state index in [1.165, 1.54) is 0 Å². The van der Waals surface area contributed by atoms with E-state index in [-0.39, 0.29) is 17.9 Å². The second kappa shape index (κ2) is 8.27. The number of halogens is 1. The molecule has 3 unspecified atom stereocenters. The Balaban J connectivity index is 1.40. The molecule has 2 aromatic heterocycles. The molecule has 1 aliphatic heterocycles. The van der Waals surface area contributed by atoms with Crippen molar-refractivity contribution in [2.75, 3.05) is 7.11 Å². The van der Waals surface area contributed by atoms with Crippen molar-refractivity contribution in [3.05, 3.63) is 65.9 Å². The van der Waals surface area contributed by atoms with Gasteiger partial charge in [-0.15, -0.1) is 5.10 Å². The summed E-state index contributed by atoms with van der Waals surface area (Å²) in [7, 11) is 1.63. The average Bonchev–Trinajstić information content (AvgIpc) is 3.41. The Morgan fingerprint density at radius 1 is 1.25 bits per heavy atom. The number of amides is 1. The molecule has 0 saturated carbocycles. The van der Waals surface area contributed by atoms with Crippen molar-refractivity contribution in [2.45, 2.75) is 31.8 Å². The Kier molecular flexibility index (Phi) is 5.30. The largest absolute Gasteiger partial charge is 0.495 e. The number of aromatic nitrogens is 5. The summed E-state index contributed by atoms with van der Waals surface area (Å²) in [6.45, 7) is 1.94. The van der Waals surface area contributed by atoms with Crippen LogP contribution in [0.2, 0.25) is 0 Å². The fraction of sp³-hybridized carbons (Fsp3) is 0.304. The minimum atomic E-state index is -0.419. The Hall–Kier alpha value is -3.39. The van der Waals surface area contributed by atoms with Crippen LogP contribution in [0.5, 0.6) is 5.75 Å². The van der Waals surface area contributed by atoms with E-state index in [0.717, 1.165) is 23.4 Å². The van der Waals surface area contributed by atoms with Gasteiger partial charge in [0.15, 0.2) is 0 Å². The molecule has 0 spiro atoms. The zero-order valence-corrected chi connectivity index (χ0v) is 18.5. The van der Waals surface area contributed by atoms with E-state index in [1.54, 1.807) is 18.1 Å². The summed E-state index contributed by atoms with van der Waals surface area (Å²) in [5.74, 6) is 0.854. The van der Waals surface area contributed by atoms with Crippen molar-refractivity contribution in [2.24, 2.45) is 5.92 Å². The first-order chi connectivity index (χ1) is 15.5. The van der Waals surface area contributed by atoms with E-state index >= 15 is 0 Å². The maximum atomic E-state index is 12.9. The molecule has 1 aromatic carbocycles. The summed E-state index contributed by atoms with van der Waals surface area (Å²) < 4.78 is 9.17. The predicted octanol–water partition coefficient (Wildman–Crippen LogP) is 3.58. The molecule has 3 heterocycles. The monoisotopic (exact) mass is 450 g/mol. The molecule has 2 aliphatic rings. The van der Waals surface area contributed by atoms with Gasteiger partial charge in [0.2, 0.25) is 5.91 Å². The van der Waals surface area contributed by atoms with Gasteiger partial charge in [-0.1, -0.05) is 29.0 Å². The second-order valence-corrected chi connectivity index (χ2v) is 8.53. The smallest absolute Gasteiger partial charge is 0.245 e. The number of aryl methyl sites for hydroxylation is 1. The highest BCUT2D eigenvalue weighted by Crippen LogP contribution is 2.32. The summed E-state index contributed by atoms with van der Waals surface area (Å²) in [5, 5.41) is 12.3. The highest BCUT2D eigenvalue weighted by molar-refractivity contribution is 6.31. The van der Waals surface area contributed by atoms with Gasteiger partial charge in [-0.05, 0) is 44.1 Å². The van der Waals surface area contributed by atoms with Gasteiger partial charge in [-0.3, -0.25) is 4.79 Å². The zero-order chi connectivity index (χ0) is 22.2. The van der Waals surface area contributed by atoms with Gasteiger partial charge in [0.05, 0.1) is 37.1 Å². The van der Waals surface area contributed by atoms with Gasteiger partial charge < -0.3 is 14.6 Å². The van der Waals surface area contributed by atoms with Crippen LogP contribution in [0, 0.1) is 12.8 Å². The first-order valence-electron chi connectivity index (χ1n) is 10.5. The number of allylic oxidation sites excluding steroid dienone is 2. The number of methoxy groups -OCH3 is 1. The predicted molar refractivity (Wildman–Crippen MR) is 121 cm³/mol. The Morgan fingerprint density at radius 2 is 2.12 bits per heavy atom. The number of nitrogens with zero attached hydrogens (tertiary/aromatic N) is 5. The van der Waals surface area contributed by atoms with Gasteiger partial charge in [0, 0.05) is 22.7 Å². The Labute approximate surface area is 190 Å². The Morgan fingerprint density at radius 3 is 2.91 bits per heavy atom. The second-order valence-electron chi connectivity index (χ2n) is 8.09. The van der Waals surface area contributed by atoms with Crippen LogP contribution in [-0.4, -0.2) is 43.6 Å². The maximum Gasteiger partial charge on any atom is 0.245 e. The number of fused-ring (bicyclic) bond motifs is 1. The van der Waals surface area contributed by atoms with Gasteiger partial charge in [0.1, 0.15) is 17.5 Å². The lowest BCUT2D eigenvalue weighted by molar-refractivity contribution is -0.124. The van der Waals surface area contributed by atoms with Crippen LogP contribution in [-0.2, 0) is 4.79 Å². The average molecular weight is 451 g/mol. The molecular weight excluding hydrogens is 428 g/mol. The molecule has 164 valence electrons. The van der Waals surface area contributed by atoms with Crippen molar-refractivity contribution in [1.29, 1.82) is 0 Å². The first-order valence-corrected chi connectivity index (χ1v) is 10.9. The number of nitrogens with one attached hydrogen (secondary N) is 1. The van der Waals surface area contributed by atoms with E-state index in [9.17, 15) is 4.79 Å². The third-order valence-corrected chi connectivity index (χ3v) is 6.23. The molecule has 3 aromatic rings. The van der Waals surface area contributed by atoms with Gasteiger partial charge in [0.25, 0.3) is 0 Å². The molecule has 1 fully saturated rings. The molecule has 5 rings (SSSR count). The van der Waals surface area contributed by atoms with E-state index in [0.29, 0.717) is 22.9 Å². The van der Waals surface area contributed by atoms with Crippen LogP contribution in [0.4, 0.5) is 0 Å². The molecule has 0 bridgehead atoms. The van der Waals surface area contributed by atoms with Crippen LogP contribution in [0.1, 0.15) is 24.6 Å². The number of benzene rings is 1. The molecule has 3 atom stereocenters. The fourth-order valence-corrected chi connectivity index (χ4v) is 4.48. The summed E-state index contributed by atoms with van der Waals surface area (Å²) in [6.07, 6.45) is 12.9. The lowest BCUT2D eigenvalue weighted by Crippen LogP contribution is -2.40. The lowest BCUT2D eigenvalue weighted by Gasteiger charge is -2.22. The van der Waals surface area contributed by atoms with Crippen LogP contribution >= 0.6 is 11.6 Å². The van der Waals surface area contributed by atoms with E-state index in [2.05, 4.69) is 26.7 Å². The molecule has 9 heteroatoms. The molecule has 0 radical (unpaired) electrons. The summed E-state index contributed by atoms with van der Waals surface area (Å²) in [6, 6.07) is 5.33. The van der Waals surface area contributed by atoms with Crippen molar-refractivity contribution >= 4 is 17.5 Å². The van der Waals surface area contributed by atoms with E-state index in [1.807, 2.05) is 54.2 Å². The third-order valence-electron chi connectivity index (χ3n) is 5.98. The molecule has 1 saturated heterocycles. The van der Waals surface area contributed by atoms with Gasteiger partial charge in [-0.25, -0.2) is 9.67 Å². The van der Waals surface area contributed by atoms with Crippen LogP contribution in [0.25, 0.3) is 16.9 Å². The molecule has 1 aliphatic carbocycles. The minimum Gasteiger partial charge on any atom is -0.495 e. The zero-order valence-electron chi connectivity index (χ0n) is 17.8. The lowest BCUT2D eigenvalue weighted by atomic mass is 9.91. The number of carbonyl (C=O) groups excluding carboxylic acids is 1. The molecule has 1 N–H and O–H groups in total. The first kappa shape index (κ1) is 20.5. The number of hydrogen-bond acceptors (Lipinski definition) is 5. The quantitative estimate of drug-likeness (QED) is 0.656. The summed E-state index contributed by atoms with van der Waals surface area (Å²) in [5.41, 5.74) is 3.34. The topological polar surface area (TPSA) is 86.9 Å². The highest BCUT2D eigenvalue weighted by atomic mass is 35.5. The summed E-state index contributed by atoms with van der Waals surface area (Å²) >= 11 is 6.12. The molecule has 8 nitrogen and oxygen atoms in total. The SMILES string of the molecule is COc1cc(-c2cn(C3CCC4C=CC(Cl)=CC4NC3=O)nn2)ccc1-n1cnc(C)c1. The molecule has 32 heavy (non-hydrogen) atoms. The van der Waals surface area contributed by atoms with Gasteiger partial charge in [-0.2, -0.15) is 0 Å². The number of ether oxygens (including phenoxy) is 1. The van der Waals surface area contributed by atoms with Crippen molar-refractivity contribution in [3.8, 4) is 22.7 Å². The van der Waals surface area contributed by atoms with Crippen molar-refractivity contribution in [1.82, 2.24) is 29.9 Å². The van der Waals surface area contributed by atoms with Crippen molar-refractivity contribution in [3.63, 3.8) is 0 Å². The van der Waals surface area contributed by atoms with E-state index in [4.69, 9.17) is 16.3 Å².